The van der Waals surface area contributed by atoms with Gasteiger partial charge in [0.05, 0.1) is 50.7 Å². The SMILES string of the molecule is CCCCCCCCCCCCCCCCCCCC/C=C\CCCCCCCCCCCCCCCCCCCC(=O)NC(COC1OC(CO)C(OC2OC(CO)C(O)C(OC3(C(=O)O)CC(O)C(NC(C)=O)C(C(O)C(O)CO)O3)C2O)C(O)C1O)C(O)CCCCCCCCCCCCCCCCCCC. The fourth-order valence-electron chi connectivity index (χ4n) is 15.9. The van der Waals surface area contributed by atoms with E-state index < -0.39 is 148 Å². The number of nitrogens with one attached hydrogen (secondary N) is 2. The molecule has 3 rings (SSSR count). The minimum atomic E-state index is -3.08. The molecular formula is C87H164N2O21. The summed E-state index contributed by atoms with van der Waals surface area (Å²) in [7, 11) is 0. The second kappa shape index (κ2) is 65.5. The molecule has 3 aliphatic rings. The minimum Gasteiger partial charge on any atom is -0.477 e. The molecule has 0 spiro atoms. The Morgan fingerprint density at radius 2 is 0.845 bits per heavy atom. The lowest BCUT2D eigenvalue weighted by Gasteiger charge is -2.50. The maximum absolute atomic E-state index is 13.6. The molecule has 0 radical (unpaired) electrons. The van der Waals surface area contributed by atoms with Gasteiger partial charge in [-0.3, -0.25) is 9.59 Å². The number of amides is 2. The molecule has 23 heteroatoms. The highest BCUT2D eigenvalue weighted by Crippen LogP contribution is 2.39. The van der Waals surface area contributed by atoms with Crippen LogP contribution in [0.2, 0.25) is 0 Å². The zero-order chi connectivity index (χ0) is 80.3. The second-order valence-electron chi connectivity index (χ2n) is 32.8. The van der Waals surface area contributed by atoms with E-state index in [0.717, 1.165) is 58.3 Å². The maximum Gasteiger partial charge on any atom is 0.364 e. The van der Waals surface area contributed by atoms with Crippen LogP contribution in [0.5, 0.6) is 0 Å². The van der Waals surface area contributed by atoms with E-state index in [9.17, 15) is 75.7 Å². The number of carbonyl (C=O) groups excluding carboxylic acids is 2. The summed E-state index contributed by atoms with van der Waals surface area (Å²) >= 11 is 0. The first kappa shape index (κ1) is 102. The Balaban J connectivity index is 1.39. The topological polar surface area (TPSA) is 373 Å². The zero-order valence-electron chi connectivity index (χ0n) is 69.1. The number of carboxylic acid groups (broad SMARTS) is 1. The number of unbranched alkanes of at least 4 members (excludes halogenated alkanes) is 51. The molecule has 0 aliphatic carbocycles. The van der Waals surface area contributed by atoms with Crippen molar-refractivity contribution in [1.29, 1.82) is 0 Å². The average Bonchev–Trinajstić information content (AvgIpc) is 0.755. The second-order valence-corrected chi connectivity index (χ2v) is 32.8. The fraction of sp³-hybridized carbons (Fsp3) is 0.943. The van der Waals surface area contributed by atoms with Gasteiger partial charge in [0.25, 0.3) is 5.79 Å². The van der Waals surface area contributed by atoms with Crippen molar-refractivity contribution >= 4 is 17.8 Å². The van der Waals surface area contributed by atoms with Crippen molar-refractivity contribution in [2.24, 2.45) is 0 Å². The molecule has 0 bridgehead atoms. The van der Waals surface area contributed by atoms with E-state index >= 15 is 0 Å². The number of allylic oxidation sites excluding steroid dienone is 2. The van der Waals surface area contributed by atoms with E-state index in [1.165, 1.54) is 283 Å². The average molecular weight is 1570 g/mol. The first-order chi connectivity index (χ1) is 53.4. The van der Waals surface area contributed by atoms with Crippen LogP contribution in [0, 0.1) is 0 Å². The van der Waals surface area contributed by atoms with Gasteiger partial charge in [-0.25, -0.2) is 4.79 Å². The smallest absolute Gasteiger partial charge is 0.364 e. The fourth-order valence-corrected chi connectivity index (χ4v) is 15.9. The van der Waals surface area contributed by atoms with Crippen LogP contribution < -0.4 is 10.6 Å². The molecule has 23 nitrogen and oxygen atoms in total. The van der Waals surface area contributed by atoms with Gasteiger partial charge in [-0.15, -0.1) is 0 Å². The molecule has 3 aliphatic heterocycles. The van der Waals surface area contributed by atoms with Gasteiger partial charge in [-0.2, -0.15) is 0 Å². The number of ether oxygens (including phenoxy) is 6. The number of hydrogen-bond donors (Lipinski definition) is 14. The van der Waals surface area contributed by atoms with Crippen LogP contribution in [-0.2, 0) is 42.8 Å². The van der Waals surface area contributed by atoms with Gasteiger partial charge >= 0.3 is 5.97 Å². The molecule has 0 aromatic rings. The largest absolute Gasteiger partial charge is 0.477 e. The van der Waals surface area contributed by atoms with E-state index in [4.69, 9.17) is 28.4 Å². The molecule has 0 saturated carbocycles. The third kappa shape index (κ3) is 44.1. The maximum atomic E-state index is 13.6. The summed E-state index contributed by atoms with van der Waals surface area (Å²) in [6.45, 7) is 2.27. The normalized spacial score (nSPS) is 25.6. The van der Waals surface area contributed by atoms with Gasteiger partial charge in [0.15, 0.2) is 12.6 Å². The number of aliphatic carboxylic acids is 1. The molecule has 648 valence electrons. The van der Waals surface area contributed by atoms with Crippen molar-refractivity contribution in [3.63, 3.8) is 0 Å². The van der Waals surface area contributed by atoms with E-state index in [1.807, 2.05) is 0 Å². The summed E-state index contributed by atoms with van der Waals surface area (Å²) in [5.41, 5.74) is 0. The Morgan fingerprint density at radius 1 is 0.464 bits per heavy atom. The van der Waals surface area contributed by atoms with Crippen LogP contribution in [0.4, 0.5) is 0 Å². The van der Waals surface area contributed by atoms with E-state index in [2.05, 4.69) is 36.6 Å². The third-order valence-electron chi connectivity index (χ3n) is 23.0. The number of carboxylic acids is 1. The molecular weight excluding hydrogens is 1410 g/mol. The van der Waals surface area contributed by atoms with Crippen molar-refractivity contribution in [3.8, 4) is 0 Å². The van der Waals surface area contributed by atoms with Crippen molar-refractivity contribution in [3.05, 3.63) is 12.2 Å². The Hall–Kier alpha value is -2.53. The van der Waals surface area contributed by atoms with E-state index in [1.54, 1.807) is 0 Å². The minimum absolute atomic E-state index is 0.228. The summed E-state index contributed by atoms with van der Waals surface area (Å²) in [5, 5.41) is 137. The Morgan fingerprint density at radius 3 is 1.23 bits per heavy atom. The highest BCUT2D eigenvalue weighted by molar-refractivity contribution is 5.77. The summed E-state index contributed by atoms with van der Waals surface area (Å²) in [6.07, 6.45) is 45.3. The molecule has 0 aromatic carbocycles. The quantitative estimate of drug-likeness (QED) is 0.0199. The van der Waals surface area contributed by atoms with Crippen LogP contribution in [0.3, 0.4) is 0 Å². The van der Waals surface area contributed by atoms with Gasteiger partial charge in [-0.1, -0.05) is 341 Å². The summed E-state index contributed by atoms with van der Waals surface area (Å²) < 4.78 is 35.0. The standard InChI is InChI=1S/C87H164N2O21/c1-4-6-8-10-12-14-16-18-20-22-23-24-25-26-27-28-29-30-31-32-33-34-35-36-37-38-39-40-41-42-43-45-47-49-51-53-55-57-59-61-74(97)89-68(69(94)60-58-56-54-52-50-48-46-44-21-19-17-15-13-11-9-7-5-2)66-105-84-79(101)78(100)81(73(65-92)107-84)108-85-80(102)83(77(99)72(64-91)106-85)110-87(86(103)104)62-70(95)75(88-67(3)93)82(109-87)76(98)71(96)63-90/h32-33,68-73,75-85,90-92,94-96,98-102H,4-31,34-66H2,1-3H3,(H,88,93)(H,89,97)(H,103,104)/b33-32-. The van der Waals surface area contributed by atoms with Crippen LogP contribution in [0.15, 0.2) is 12.2 Å². The van der Waals surface area contributed by atoms with Crippen LogP contribution in [-0.4, -0.2) is 215 Å². The Labute approximate surface area is 664 Å². The van der Waals surface area contributed by atoms with Crippen molar-refractivity contribution in [1.82, 2.24) is 10.6 Å². The van der Waals surface area contributed by atoms with Gasteiger partial charge < -0.3 is 100 Å². The zero-order valence-corrected chi connectivity index (χ0v) is 69.1. The van der Waals surface area contributed by atoms with Crippen LogP contribution in [0.1, 0.15) is 387 Å². The lowest BCUT2D eigenvalue weighted by molar-refractivity contribution is -0.386. The highest BCUT2D eigenvalue weighted by Gasteiger charge is 2.60. The molecule has 14 N–H and O–H groups in total. The van der Waals surface area contributed by atoms with Crippen molar-refractivity contribution in [2.45, 2.75) is 497 Å². The van der Waals surface area contributed by atoms with Crippen molar-refractivity contribution < 1.29 is 104 Å². The first-order valence-corrected chi connectivity index (χ1v) is 45.0. The van der Waals surface area contributed by atoms with Gasteiger partial charge in [0.2, 0.25) is 11.8 Å². The molecule has 110 heavy (non-hydrogen) atoms. The molecule has 0 aromatic heterocycles. The molecule has 3 heterocycles. The predicted molar refractivity (Wildman–Crippen MR) is 431 cm³/mol. The Kier molecular flexibility index (Phi) is 60.5. The van der Waals surface area contributed by atoms with E-state index in [-0.39, 0.29) is 18.9 Å². The first-order valence-electron chi connectivity index (χ1n) is 45.0. The molecule has 3 fully saturated rings. The number of aliphatic hydroxyl groups excluding tert-OH is 11. The molecule has 18 atom stereocenters. The lowest BCUT2D eigenvalue weighted by atomic mass is 9.88. The van der Waals surface area contributed by atoms with E-state index in [0.29, 0.717) is 19.3 Å². The van der Waals surface area contributed by atoms with Gasteiger partial charge in [0, 0.05) is 19.8 Å². The number of rotatable bonds is 73. The summed E-state index contributed by atoms with van der Waals surface area (Å²) in [6, 6.07) is -2.53. The Bertz CT molecular complexity index is 2220. The van der Waals surface area contributed by atoms with Crippen LogP contribution in [0.25, 0.3) is 0 Å². The van der Waals surface area contributed by atoms with Crippen molar-refractivity contribution in [2.75, 3.05) is 26.4 Å². The predicted octanol–water partition coefficient (Wildman–Crippen LogP) is 14.1. The third-order valence-corrected chi connectivity index (χ3v) is 23.0. The molecule has 18 unspecified atom stereocenters. The van der Waals surface area contributed by atoms with Gasteiger partial charge in [-0.05, 0) is 38.5 Å². The van der Waals surface area contributed by atoms with Gasteiger partial charge in [0.1, 0.15) is 67.1 Å². The molecule has 3 saturated heterocycles. The van der Waals surface area contributed by atoms with Crippen LogP contribution >= 0.6 is 0 Å². The lowest BCUT2D eigenvalue weighted by Crippen LogP contribution is -2.70. The monoisotopic (exact) mass is 1570 g/mol. The molecule has 2 amide bonds. The number of carbonyl (C=O) groups is 3. The summed E-state index contributed by atoms with van der Waals surface area (Å²) in [4.78, 5) is 38.8. The number of hydrogen-bond acceptors (Lipinski definition) is 20. The number of aliphatic hydroxyl groups is 11. The summed E-state index contributed by atoms with van der Waals surface area (Å²) in [5.74, 6) is -6.09. The highest BCUT2D eigenvalue weighted by atomic mass is 16.8.